The highest BCUT2D eigenvalue weighted by molar-refractivity contribution is 5.77. The van der Waals surface area contributed by atoms with Gasteiger partial charge in [0.1, 0.15) is 0 Å². The van der Waals surface area contributed by atoms with E-state index < -0.39 is 17.5 Å². The van der Waals surface area contributed by atoms with Crippen LogP contribution in [0.5, 0.6) is 0 Å². The first-order chi connectivity index (χ1) is 9.98. The molecule has 1 aliphatic carbocycles. The molecule has 1 saturated heterocycles. The Bertz CT molecular complexity index is 391. The second-order valence-corrected chi connectivity index (χ2v) is 6.33. The first-order valence-electron chi connectivity index (χ1n) is 7.95. The van der Waals surface area contributed by atoms with E-state index in [-0.39, 0.29) is 12.1 Å². The summed E-state index contributed by atoms with van der Waals surface area (Å²) in [5.74, 6) is -0.757. The Balaban J connectivity index is 1.87. The van der Waals surface area contributed by atoms with E-state index >= 15 is 0 Å². The van der Waals surface area contributed by atoms with Crippen LogP contribution in [0.1, 0.15) is 51.9 Å². The number of nitrogens with zero attached hydrogens (tertiary/aromatic N) is 1. The number of aliphatic hydroxyl groups is 1. The molecule has 3 N–H and O–H groups in total. The number of carbonyl (C=O) groups excluding carboxylic acids is 1. The molecule has 6 heteroatoms. The van der Waals surface area contributed by atoms with E-state index in [1.165, 1.54) is 0 Å². The highest BCUT2D eigenvalue weighted by Crippen LogP contribution is 2.35. The molecule has 0 aromatic heterocycles. The Morgan fingerprint density at radius 3 is 2.38 bits per heavy atom. The maximum absolute atomic E-state index is 12.2. The number of urea groups is 1. The molecule has 0 aromatic carbocycles. The van der Waals surface area contributed by atoms with Gasteiger partial charge in [-0.1, -0.05) is 19.8 Å². The summed E-state index contributed by atoms with van der Waals surface area (Å²) in [7, 11) is 0. The maximum Gasteiger partial charge on any atom is 0.317 e. The Labute approximate surface area is 125 Å². The highest BCUT2D eigenvalue weighted by Gasteiger charge is 2.41. The molecule has 1 heterocycles. The van der Waals surface area contributed by atoms with Gasteiger partial charge in [0.25, 0.3) is 0 Å². The lowest BCUT2D eigenvalue weighted by molar-refractivity contribution is -0.151. The molecule has 21 heavy (non-hydrogen) atoms. The van der Waals surface area contributed by atoms with Crippen LogP contribution in [0.3, 0.4) is 0 Å². The van der Waals surface area contributed by atoms with Crippen molar-refractivity contribution in [3.05, 3.63) is 0 Å². The number of hydrogen-bond acceptors (Lipinski definition) is 3. The fraction of sp³-hybridized carbons (Fsp3) is 0.867. The zero-order valence-corrected chi connectivity index (χ0v) is 12.7. The van der Waals surface area contributed by atoms with Gasteiger partial charge in [-0.25, -0.2) is 4.79 Å². The number of aliphatic carboxylic acids is 1. The quantitative estimate of drug-likeness (QED) is 0.738. The van der Waals surface area contributed by atoms with Crippen molar-refractivity contribution in [2.45, 2.75) is 64.0 Å². The summed E-state index contributed by atoms with van der Waals surface area (Å²) in [6, 6.07) is -0.334. The van der Waals surface area contributed by atoms with Crippen LogP contribution in [-0.2, 0) is 4.79 Å². The van der Waals surface area contributed by atoms with E-state index in [1.807, 2.05) is 6.92 Å². The number of amides is 2. The summed E-state index contributed by atoms with van der Waals surface area (Å²) in [5, 5.41) is 22.2. The van der Waals surface area contributed by atoms with Gasteiger partial charge in [0, 0.05) is 13.1 Å². The molecule has 0 radical (unpaired) electrons. The second kappa shape index (κ2) is 6.64. The van der Waals surface area contributed by atoms with Gasteiger partial charge in [0.05, 0.1) is 17.6 Å². The minimum atomic E-state index is -0.757. The zero-order valence-electron chi connectivity index (χ0n) is 12.7. The Kier molecular flexibility index (Phi) is 5.08. The lowest BCUT2D eigenvalue weighted by Gasteiger charge is -2.39. The average Bonchev–Trinajstić information content (AvgIpc) is 2.49. The van der Waals surface area contributed by atoms with Crippen LogP contribution in [0, 0.1) is 5.41 Å². The van der Waals surface area contributed by atoms with Crippen molar-refractivity contribution in [3.8, 4) is 0 Å². The number of rotatable bonds is 3. The van der Waals surface area contributed by atoms with Gasteiger partial charge in [0.2, 0.25) is 0 Å². The second-order valence-electron chi connectivity index (χ2n) is 6.33. The summed E-state index contributed by atoms with van der Waals surface area (Å²) in [4.78, 5) is 25.3. The molecule has 2 unspecified atom stereocenters. The number of carboxylic acid groups (broad SMARTS) is 1. The maximum atomic E-state index is 12.2. The van der Waals surface area contributed by atoms with Crippen LogP contribution >= 0.6 is 0 Å². The zero-order chi connectivity index (χ0) is 15.5. The van der Waals surface area contributed by atoms with E-state index in [9.17, 15) is 19.8 Å². The lowest BCUT2D eigenvalue weighted by atomic mass is 9.76. The molecule has 2 fully saturated rings. The monoisotopic (exact) mass is 298 g/mol. The number of aliphatic hydroxyl groups excluding tert-OH is 1. The van der Waals surface area contributed by atoms with Crippen molar-refractivity contribution in [1.82, 2.24) is 10.2 Å². The summed E-state index contributed by atoms with van der Waals surface area (Å²) in [6.45, 7) is 2.83. The molecular formula is C15H26N2O4. The third-order valence-corrected chi connectivity index (χ3v) is 5.18. The molecule has 120 valence electrons. The molecule has 0 bridgehead atoms. The lowest BCUT2D eigenvalue weighted by Crippen LogP contribution is -2.54. The minimum absolute atomic E-state index is 0.163. The number of piperidine rings is 1. The van der Waals surface area contributed by atoms with Crippen LogP contribution in [-0.4, -0.2) is 52.3 Å². The van der Waals surface area contributed by atoms with Gasteiger partial charge >= 0.3 is 12.0 Å². The normalized spacial score (nSPS) is 29.0. The Morgan fingerprint density at radius 2 is 1.86 bits per heavy atom. The van der Waals surface area contributed by atoms with Crippen molar-refractivity contribution in [2.75, 3.05) is 13.1 Å². The van der Waals surface area contributed by atoms with Gasteiger partial charge in [0.15, 0.2) is 0 Å². The Morgan fingerprint density at radius 1 is 1.24 bits per heavy atom. The van der Waals surface area contributed by atoms with E-state index in [4.69, 9.17) is 0 Å². The number of likely N-dealkylation sites (tertiary alicyclic amines) is 1. The van der Waals surface area contributed by atoms with E-state index in [1.54, 1.807) is 4.90 Å². The smallest absolute Gasteiger partial charge is 0.317 e. The van der Waals surface area contributed by atoms with Crippen LogP contribution in [0.2, 0.25) is 0 Å². The van der Waals surface area contributed by atoms with E-state index in [0.29, 0.717) is 32.4 Å². The largest absolute Gasteiger partial charge is 0.481 e. The fourth-order valence-electron chi connectivity index (χ4n) is 3.39. The molecule has 2 atom stereocenters. The average molecular weight is 298 g/mol. The fourth-order valence-corrected chi connectivity index (χ4v) is 3.39. The van der Waals surface area contributed by atoms with Gasteiger partial charge in [-0.05, 0) is 32.1 Å². The van der Waals surface area contributed by atoms with Crippen LogP contribution < -0.4 is 5.32 Å². The molecule has 1 aliphatic heterocycles. The molecule has 6 nitrogen and oxygen atoms in total. The standard InChI is InChI=1S/C15H26N2O4/c1-2-15(13(19)20)7-9-17(10-8-15)14(21)16-11-5-3-4-6-12(11)18/h11-12,18H,2-10H2,1H3,(H,16,21)(H,19,20). The topological polar surface area (TPSA) is 89.9 Å². The highest BCUT2D eigenvalue weighted by atomic mass is 16.4. The SMILES string of the molecule is CCC1(C(=O)O)CCN(C(=O)NC2CCCCC2O)CC1. The van der Waals surface area contributed by atoms with Crippen molar-refractivity contribution >= 4 is 12.0 Å². The van der Waals surface area contributed by atoms with Crippen LogP contribution in [0.4, 0.5) is 4.79 Å². The predicted molar refractivity (Wildman–Crippen MR) is 78.0 cm³/mol. The van der Waals surface area contributed by atoms with Crippen molar-refractivity contribution < 1.29 is 19.8 Å². The molecule has 2 amide bonds. The Hall–Kier alpha value is -1.30. The van der Waals surface area contributed by atoms with Crippen molar-refractivity contribution in [3.63, 3.8) is 0 Å². The number of carboxylic acids is 1. The number of hydrogen-bond donors (Lipinski definition) is 3. The molecular weight excluding hydrogens is 272 g/mol. The first-order valence-corrected chi connectivity index (χ1v) is 7.95. The van der Waals surface area contributed by atoms with E-state index in [0.717, 1.165) is 25.7 Å². The molecule has 0 spiro atoms. The van der Waals surface area contributed by atoms with Gasteiger partial charge in [-0.2, -0.15) is 0 Å². The molecule has 1 saturated carbocycles. The van der Waals surface area contributed by atoms with E-state index in [2.05, 4.69) is 5.32 Å². The third-order valence-electron chi connectivity index (χ3n) is 5.18. The summed E-state index contributed by atoms with van der Waals surface area (Å²) in [6.07, 6.45) is 4.73. The van der Waals surface area contributed by atoms with Gasteiger partial charge in [-0.3, -0.25) is 4.79 Å². The van der Waals surface area contributed by atoms with Crippen LogP contribution in [0.25, 0.3) is 0 Å². The molecule has 0 aromatic rings. The van der Waals surface area contributed by atoms with Crippen LogP contribution in [0.15, 0.2) is 0 Å². The van der Waals surface area contributed by atoms with Crippen molar-refractivity contribution in [1.29, 1.82) is 0 Å². The summed E-state index contributed by atoms with van der Waals surface area (Å²) >= 11 is 0. The summed E-state index contributed by atoms with van der Waals surface area (Å²) < 4.78 is 0. The number of nitrogens with one attached hydrogen (secondary N) is 1. The molecule has 2 aliphatic rings. The number of carbonyl (C=O) groups is 2. The first kappa shape index (κ1) is 16.1. The van der Waals surface area contributed by atoms with Gasteiger partial charge in [-0.15, -0.1) is 0 Å². The minimum Gasteiger partial charge on any atom is -0.481 e. The third kappa shape index (κ3) is 3.48. The predicted octanol–water partition coefficient (Wildman–Crippen LogP) is 1.58. The molecule has 2 rings (SSSR count). The van der Waals surface area contributed by atoms with Gasteiger partial charge < -0.3 is 20.4 Å². The van der Waals surface area contributed by atoms with Crippen molar-refractivity contribution in [2.24, 2.45) is 5.41 Å². The summed E-state index contributed by atoms with van der Waals surface area (Å²) in [5.41, 5.74) is -0.679.